The van der Waals surface area contributed by atoms with E-state index in [-0.39, 0.29) is 17.3 Å². The number of amides is 2. The number of halogens is 4. The SMILES string of the molecule is O=C(N[C@@H](CCCCN[C@H]1C[C@@H]1c1ccc(F)cc1)C(=O)N1CCOCC1)c1ccc(C(F)(F)F)cc1. The summed E-state index contributed by atoms with van der Waals surface area (Å²) < 4.78 is 56.9. The van der Waals surface area contributed by atoms with E-state index in [1.54, 1.807) is 4.90 Å². The van der Waals surface area contributed by atoms with E-state index < -0.39 is 23.7 Å². The van der Waals surface area contributed by atoms with Crippen LogP contribution in [0.1, 0.15) is 53.1 Å². The van der Waals surface area contributed by atoms with E-state index in [4.69, 9.17) is 4.74 Å². The molecule has 2 fully saturated rings. The minimum atomic E-state index is -4.49. The summed E-state index contributed by atoms with van der Waals surface area (Å²) in [6, 6.07) is 10.1. The standard InChI is InChI=1S/C27H31F4N3O3/c28-21-10-6-18(7-11-21)22-17-24(22)32-12-2-1-3-23(26(36)34-13-15-37-16-14-34)33-25(35)19-4-8-20(9-5-19)27(29,30)31/h4-11,22-24,32H,1-3,12-17H2,(H,33,35)/t22-,23+,24+/m1/s1. The van der Waals surface area contributed by atoms with E-state index in [1.165, 1.54) is 12.1 Å². The lowest BCUT2D eigenvalue weighted by molar-refractivity contribution is -0.138. The number of hydrogen-bond donors (Lipinski definition) is 2. The van der Waals surface area contributed by atoms with Gasteiger partial charge in [0, 0.05) is 30.6 Å². The second kappa shape index (κ2) is 12.0. The van der Waals surface area contributed by atoms with Crippen LogP contribution in [0.15, 0.2) is 48.5 Å². The number of nitrogens with zero attached hydrogens (tertiary/aromatic N) is 1. The van der Waals surface area contributed by atoms with Crippen molar-refractivity contribution >= 4 is 11.8 Å². The Bertz CT molecular complexity index is 1050. The first-order valence-corrected chi connectivity index (χ1v) is 12.6. The quantitative estimate of drug-likeness (QED) is 0.365. The van der Waals surface area contributed by atoms with Crippen LogP contribution in [0.3, 0.4) is 0 Å². The van der Waals surface area contributed by atoms with E-state index in [0.29, 0.717) is 51.1 Å². The van der Waals surface area contributed by atoms with Crippen molar-refractivity contribution in [2.45, 2.75) is 49.9 Å². The monoisotopic (exact) mass is 521 g/mol. The van der Waals surface area contributed by atoms with Gasteiger partial charge in [0.25, 0.3) is 5.91 Å². The minimum absolute atomic E-state index is 0.0648. The molecule has 0 aromatic heterocycles. The van der Waals surface area contributed by atoms with E-state index in [2.05, 4.69) is 10.6 Å². The Labute approximate surface area is 213 Å². The number of morpholine rings is 1. The molecule has 0 spiro atoms. The molecule has 200 valence electrons. The third-order valence-corrected chi connectivity index (χ3v) is 6.82. The highest BCUT2D eigenvalue weighted by molar-refractivity contribution is 5.97. The fourth-order valence-electron chi connectivity index (χ4n) is 4.57. The molecule has 2 aromatic carbocycles. The largest absolute Gasteiger partial charge is 0.416 e. The number of alkyl halides is 3. The summed E-state index contributed by atoms with van der Waals surface area (Å²) in [7, 11) is 0. The second-order valence-corrected chi connectivity index (χ2v) is 9.49. The van der Waals surface area contributed by atoms with Gasteiger partial charge in [0.1, 0.15) is 11.9 Å². The first kappa shape index (κ1) is 27.1. The highest BCUT2D eigenvalue weighted by Gasteiger charge is 2.37. The van der Waals surface area contributed by atoms with Crippen LogP contribution in [0.5, 0.6) is 0 Å². The van der Waals surface area contributed by atoms with Crippen LogP contribution in [-0.2, 0) is 15.7 Å². The molecular formula is C27H31F4N3O3. The molecule has 1 heterocycles. The number of hydrogen-bond acceptors (Lipinski definition) is 4. The van der Waals surface area contributed by atoms with Crippen molar-refractivity contribution in [2.75, 3.05) is 32.8 Å². The molecule has 6 nitrogen and oxygen atoms in total. The van der Waals surface area contributed by atoms with Gasteiger partial charge in [-0.15, -0.1) is 0 Å². The lowest BCUT2D eigenvalue weighted by atomic mass is 10.1. The van der Waals surface area contributed by atoms with Gasteiger partial charge in [-0.1, -0.05) is 12.1 Å². The molecule has 1 saturated heterocycles. The summed E-state index contributed by atoms with van der Waals surface area (Å²) in [5, 5.41) is 6.22. The van der Waals surface area contributed by atoms with Crippen molar-refractivity contribution in [1.82, 2.24) is 15.5 Å². The van der Waals surface area contributed by atoms with Gasteiger partial charge in [-0.25, -0.2) is 4.39 Å². The number of rotatable bonds is 10. The van der Waals surface area contributed by atoms with Crippen molar-refractivity contribution in [3.8, 4) is 0 Å². The summed E-state index contributed by atoms with van der Waals surface area (Å²) in [5.41, 5.74) is 0.339. The molecule has 2 aliphatic rings. The zero-order valence-corrected chi connectivity index (χ0v) is 20.4. The smallest absolute Gasteiger partial charge is 0.378 e. The van der Waals surface area contributed by atoms with E-state index in [9.17, 15) is 27.2 Å². The Kier molecular flexibility index (Phi) is 8.81. The molecule has 0 bridgehead atoms. The zero-order valence-electron chi connectivity index (χ0n) is 20.4. The average molecular weight is 522 g/mol. The third-order valence-electron chi connectivity index (χ3n) is 6.82. The lowest BCUT2D eigenvalue weighted by Gasteiger charge is -2.31. The molecular weight excluding hydrogens is 490 g/mol. The lowest BCUT2D eigenvalue weighted by Crippen LogP contribution is -2.51. The van der Waals surface area contributed by atoms with Crippen LogP contribution >= 0.6 is 0 Å². The van der Waals surface area contributed by atoms with Crippen LogP contribution in [0.4, 0.5) is 17.6 Å². The number of benzene rings is 2. The van der Waals surface area contributed by atoms with Gasteiger partial charge in [0.2, 0.25) is 5.91 Å². The van der Waals surface area contributed by atoms with Gasteiger partial charge < -0.3 is 20.3 Å². The van der Waals surface area contributed by atoms with Crippen molar-refractivity contribution in [2.24, 2.45) is 0 Å². The summed E-state index contributed by atoms with van der Waals surface area (Å²) in [6.07, 6.45) is -1.62. The molecule has 0 radical (unpaired) electrons. The summed E-state index contributed by atoms with van der Waals surface area (Å²) in [5.74, 6) is -0.673. The van der Waals surface area contributed by atoms with Crippen LogP contribution in [-0.4, -0.2) is 61.6 Å². The predicted octanol–water partition coefficient (Wildman–Crippen LogP) is 4.12. The number of carbonyl (C=O) groups excluding carboxylic acids is 2. The van der Waals surface area contributed by atoms with Crippen LogP contribution in [0.2, 0.25) is 0 Å². The molecule has 1 aliphatic heterocycles. The van der Waals surface area contributed by atoms with Crippen molar-refractivity contribution in [3.63, 3.8) is 0 Å². The number of carbonyl (C=O) groups is 2. The van der Waals surface area contributed by atoms with Crippen LogP contribution in [0.25, 0.3) is 0 Å². The third kappa shape index (κ3) is 7.52. The topological polar surface area (TPSA) is 70.7 Å². The Hall–Kier alpha value is -2.98. The van der Waals surface area contributed by atoms with Crippen molar-refractivity contribution in [3.05, 3.63) is 71.0 Å². The first-order chi connectivity index (χ1) is 17.7. The molecule has 2 aromatic rings. The molecule has 0 unspecified atom stereocenters. The average Bonchev–Trinajstić information content (AvgIpc) is 3.67. The molecule has 4 rings (SSSR count). The van der Waals surface area contributed by atoms with Crippen LogP contribution < -0.4 is 10.6 Å². The fraction of sp³-hybridized carbons (Fsp3) is 0.481. The summed E-state index contributed by atoms with van der Waals surface area (Å²) in [4.78, 5) is 27.5. The molecule has 1 saturated carbocycles. The molecule has 3 atom stereocenters. The van der Waals surface area contributed by atoms with Crippen LogP contribution in [0, 0.1) is 5.82 Å². The maximum absolute atomic E-state index is 13.1. The van der Waals surface area contributed by atoms with Crippen molar-refractivity contribution < 1.29 is 31.9 Å². The second-order valence-electron chi connectivity index (χ2n) is 9.49. The Morgan fingerprint density at radius 1 is 1.00 bits per heavy atom. The number of nitrogens with one attached hydrogen (secondary N) is 2. The Balaban J connectivity index is 1.28. The molecule has 2 N–H and O–H groups in total. The van der Waals surface area contributed by atoms with Gasteiger partial charge in [-0.2, -0.15) is 13.2 Å². The van der Waals surface area contributed by atoms with E-state index in [0.717, 1.165) is 49.2 Å². The Morgan fingerprint density at radius 3 is 2.32 bits per heavy atom. The molecule has 10 heteroatoms. The van der Waals surface area contributed by atoms with Gasteiger partial charge in [-0.05, 0) is 74.2 Å². The van der Waals surface area contributed by atoms with Crippen molar-refractivity contribution in [1.29, 1.82) is 0 Å². The molecule has 1 aliphatic carbocycles. The van der Waals surface area contributed by atoms with Gasteiger partial charge in [0.05, 0.1) is 18.8 Å². The van der Waals surface area contributed by atoms with E-state index in [1.807, 2.05) is 12.1 Å². The maximum atomic E-state index is 13.1. The summed E-state index contributed by atoms with van der Waals surface area (Å²) in [6.45, 7) is 2.45. The molecule has 2 amide bonds. The van der Waals surface area contributed by atoms with Gasteiger partial charge in [-0.3, -0.25) is 9.59 Å². The predicted molar refractivity (Wildman–Crippen MR) is 129 cm³/mol. The number of unbranched alkanes of at least 4 members (excludes halogenated alkanes) is 1. The van der Waals surface area contributed by atoms with Gasteiger partial charge >= 0.3 is 6.18 Å². The highest BCUT2D eigenvalue weighted by Crippen LogP contribution is 2.40. The maximum Gasteiger partial charge on any atom is 0.416 e. The summed E-state index contributed by atoms with van der Waals surface area (Å²) >= 11 is 0. The van der Waals surface area contributed by atoms with E-state index >= 15 is 0 Å². The zero-order chi connectivity index (χ0) is 26.4. The fourth-order valence-corrected chi connectivity index (χ4v) is 4.57. The number of ether oxygens (including phenoxy) is 1. The minimum Gasteiger partial charge on any atom is -0.378 e. The Morgan fingerprint density at radius 2 is 1.68 bits per heavy atom. The molecule has 37 heavy (non-hydrogen) atoms. The van der Waals surface area contributed by atoms with Gasteiger partial charge in [0.15, 0.2) is 0 Å². The first-order valence-electron chi connectivity index (χ1n) is 12.6. The normalized spacial score (nSPS) is 20.4. The highest BCUT2D eigenvalue weighted by atomic mass is 19.4.